The molecule has 2 N–H and O–H groups in total. The Labute approximate surface area is 231 Å². The van der Waals surface area contributed by atoms with Crippen molar-refractivity contribution in [1.29, 1.82) is 0 Å². The Balaban J connectivity index is 1.43. The minimum Gasteiger partial charge on any atom is -0.494 e. The number of nitrogens with one attached hydrogen (secondary N) is 1. The minimum absolute atomic E-state index is 0.0308. The van der Waals surface area contributed by atoms with Gasteiger partial charge in [0.15, 0.2) is 5.54 Å². The number of benzene rings is 4. The van der Waals surface area contributed by atoms with Crippen molar-refractivity contribution >= 4 is 28.3 Å². The Hall–Kier alpha value is -4.85. The van der Waals surface area contributed by atoms with Gasteiger partial charge in [0.1, 0.15) is 12.4 Å². The lowest BCUT2D eigenvalue weighted by Crippen LogP contribution is -2.48. The quantitative estimate of drug-likeness (QED) is 0.112. The highest BCUT2D eigenvalue weighted by Gasteiger charge is 2.44. The molecule has 4 aromatic rings. The number of aliphatic hydroxyl groups is 1. The van der Waals surface area contributed by atoms with Crippen molar-refractivity contribution in [2.45, 2.75) is 24.9 Å². The van der Waals surface area contributed by atoms with Crippen LogP contribution in [0.15, 0.2) is 101 Å². The zero-order valence-electron chi connectivity index (χ0n) is 21.9. The second-order valence-corrected chi connectivity index (χ2v) is 9.50. The van der Waals surface area contributed by atoms with E-state index in [9.17, 15) is 4.79 Å². The zero-order valence-corrected chi connectivity index (χ0v) is 21.9. The summed E-state index contributed by atoms with van der Waals surface area (Å²) in [5, 5.41) is 18.0. The monoisotopic (exact) mass is 535 g/mol. The van der Waals surface area contributed by atoms with E-state index in [1.807, 2.05) is 66.7 Å². The molecule has 0 saturated carbocycles. The second kappa shape index (κ2) is 12.3. The molecule has 4 aromatic carbocycles. The van der Waals surface area contributed by atoms with E-state index < -0.39 is 5.54 Å². The van der Waals surface area contributed by atoms with Crippen LogP contribution in [-0.2, 0) is 22.5 Å². The Morgan fingerprint density at radius 1 is 1.02 bits per heavy atom. The topological polar surface area (TPSA) is 129 Å². The molecule has 0 fully saturated rings. The molecule has 1 aliphatic rings. The molecule has 0 radical (unpaired) electrons. The summed E-state index contributed by atoms with van der Waals surface area (Å²) in [6.07, 6.45) is 0.737. The van der Waals surface area contributed by atoms with Crippen molar-refractivity contribution in [3.63, 3.8) is 0 Å². The van der Waals surface area contributed by atoms with Crippen molar-refractivity contribution in [2.24, 2.45) is 10.1 Å². The smallest absolute Gasteiger partial charge is 0.252 e. The van der Waals surface area contributed by atoms with Crippen molar-refractivity contribution in [3.8, 4) is 5.75 Å². The van der Waals surface area contributed by atoms with Gasteiger partial charge in [-0.2, -0.15) is 0 Å². The molecule has 1 amide bonds. The molecule has 1 atom stereocenters. The van der Waals surface area contributed by atoms with Crippen LogP contribution in [0.3, 0.4) is 0 Å². The lowest BCUT2D eigenvalue weighted by molar-refractivity contribution is -0.126. The summed E-state index contributed by atoms with van der Waals surface area (Å²) in [5.41, 5.74) is 10.6. The van der Waals surface area contributed by atoms with Crippen LogP contribution in [0.2, 0.25) is 0 Å². The highest BCUT2D eigenvalue weighted by molar-refractivity contribution is 6.00. The molecule has 5 rings (SSSR count). The molecular weight excluding hydrogens is 506 g/mol. The van der Waals surface area contributed by atoms with Gasteiger partial charge in [-0.25, -0.2) is 4.99 Å². The first-order chi connectivity index (χ1) is 19.6. The van der Waals surface area contributed by atoms with Crippen molar-refractivity contribution in [1.82, 2.24) is 5.32 Å². The third kappa shape index (κ3) is 5.91. The molecule has 1 heterocycles. The van der Waals surface area contributed by atoms with Crippen LogP contribution in [0.25, 0.3) is 21.2 Å². The van der Waals surface area contributed by atoms with Crippen LogP contribution in [0, 0.1) is 0 Å². The summed E-state index contributed by atoms with van der Waals surface area (Å²) >= 11 is 0. The lowest BCUT2D eigenvalue weighted by atomic mass is 9.90. The van der Waals surface area contributed by atoms with Crippen LogP contribution in [-0.4, -0.2) is 42.3 Å². The number of rotatable bonds is 11. The highest BCUT2D eigenvalue weighted by Crippen LogP contribution is 2.31. The molecule has 0 aliphatic carbocycles. The Kier molecular flexibility index (Phi) is 8.25. The molecule has 0 bridgehead atoms. The zero-order chi connectivity index (χ0) is 27.8. The normalized spacial score (nSPS) is 16.1. The van der Waals surface area contributed by atoms with E-state index in [-0.39, 0.29) is 25.5 Å². The van der Waals surface area contributed by atoms with Gasteiger partial charge in [0.25, 0.3) is 5.91 Å². The van der Waals surface area contributed by atoms with Gasteiger partial charge in [-0.3, -0.25) is 4.79 Å². The molecule has 40 heavy (non-hydrogen) atoms. The van der Waals surface area contributed by atoms with E-state index in [1.54, 1.807) is 24.3 Å². The molecule has 0 aromatic heterocycles. The van der Waals surface area contributed by atoms with Crippen LogP contribution in [0.4, 0.5) is 5.69 Å². The van der Waals surface area contributed by atoms with Crippen molar-refractivity contribution in [2.75, 3.05) is 19.8 Å². The maximum Gasteiger partial charge on any atom is 0.252 e. The summed E-state index contributed by atoms with van der Waals surface area (Å²) in [6.45, 7) is 0.835. The third-order valence-corrected chi connectivity index (χ3v) is 6.80. The minimum atomic E-state index is -1.27. The number of fused-ring (bicyclic) bond motifs is 1. The van der Waals surface area contributed by atoms with E-state index in [4.69, 9.17) is 25.1 Å². The average Bonchev–Trinajstić information content (AvgIpc) is 3.43. The van der Waals surface area contributed by atoms with E-state index >= 15 is 0 Å². The van der Waals surface area contributed by atoms with Crippen LogP contribution >= 0.6 is 0 Å². The van der Waals surface area contributed by atoms with Gasteiger partial charge in [-0.05, 0) is 51.7 Å². The number of carbonyl (C=O) groups is 1. The number of ether oxygens (including phenoxy) is 2. The first kappa shape index (κ1) is 26.7. The molecule has 0 spiro atoms. The molecule has 0 unspecified atom stereocenters. The predicted molar refractivity (Wildman–Crippen MR) is 154 cm³/mol. The number of azide groups is 1. The first-order valence-corrected chi connectivity index (χ1v) is 13.1. The number of nitrogens with zero attached hydrogens (tertiary/aromatic N) is 4. The van der Waals surface area contributed by atoms with Gasteiger partial charge in [0.2, 0.25) is 5.90 Å². The van der Waals surface area contributed by atoms with E-state index in [2.05, 4.69) is 15.3 Å². The highest BCUT2D eigenvalue weighted by atomic mass is 16.5. The second-order valence-electron chi connectivity index (χ2n) is 9.50. The summed E-state index contributed by atoms with van der Waals surface area (Å²) < 4.78 is 11.6. The van der Waals surface area contributed by atoms with E-state index in [0.29, 0.717) is 48.0 Å². The number of amides is 1. The van der Waals surface area contributed by atoms with Crippen LogP contribution < -0.4 is 10.1 Å². The number of aliphatic imine (C=N–C) groups is 1. The first-order valence-electron chi connectivity index (χ1n) is 13.1. The third-order valence-electron chi connectivity index (χ3n) is 6.80. The maximum absolute atomic E-state index is 13.9. The fraction of sp³-hybridized carbons (Fsp3) is 0.226. The SMILES string of the molecule is [N-]=[N+]=Nc1ccccc1C[C@]1(C(=O)NCc2cccc3ccccc23)COC(c2ccc(OCCCO)cc2)=N1. The Morgan fingerprint density at radius 2 is 1.77 bits per heavy atom. The molecule has 1 aliphatic heterocycles. The Morgan fingerprint density at radius 3 is 2.60 bits per heavy atom. The molecule has 9 heteroatoms. The van der Waals surface area contributed by atoms with Gasteiger partial charge in [-0.1, -0.05) is 71.8 Å². The van der Waals surface area contributed by atoms with Crippen molar-refractivity contribution in [3.05, 3.63) is 118 Å². The number of hydrogen-bond acceptors (Lipinski definition) is 6. The van der Waals surface area contributed by atoms with Gasteiger partial charge < -0.3 is 19.9 Å². The Bertz CT molecular complexity index is 1580. The van der Waals surface area contributed by atoms with Crippen molar-refractivity contribution < 1.29 is 19.4 Å². The van der Waals surface area contributed by atoms with Gasteiger partial charge in [0.05, 0.1) is 6.61 Å². The lowest BCUT2D eigenvalue weighted by Gasteiger charge is -2.24. The summed E-state index contributed by atoms with van der Waals surface area (Å²) in [7, 11) is 0. The molecule has 202 valence electrons. The maximum atomic E-state index is 13.9. The standard InChI is InChI=1S/C31H29N5O4/c32-36-35-28-12-4-2-8-24(28)19-31(30(38)33-20-25-10-5-9-22-7-1-3-11-27(22)25)21-40-29(34-31)23-13-15-26(16-14-23)39-18-6-17-37/h1-5,7-16,37H,6,17-21H2,(H,33,38)/t31-/m1/s1. The van der Waals surface area contributed by atoms with Gasteiger partial charge >= 0.3 is 0 Å². The summed E-state index contributed by atoms with van der Waals surface area (Å²) in [4.78, 5) is 21.7. The van der Waals surface area contributed by atoms with E-state index in [0.717, 1.165) is 16.3 Å². The number of hydrogen-bond donors (Lipinski definition) is 2. The number of aliphatic hydroxyl groups excluding tert-OH is 1. The van der Waals surface area contributed by atoms with Gasteiger partial charge in [0, 0.05) is 42.2 Å². The predicted octanol–water partition coefficient (Wildman–Crippen LogP) is 5.62. The molecular formula is C31H29N5O4. The molecule has 9 nitrogen and oxygen atoms in total. The van der Waals surface area contributed by atoms with Gasteiger partial charge in [-0.15, -0.1) is 0 Å². The van der Waals surface area contributed by atoms with Crippen LogP contribution in [0.5, 0.6) is 5.75 Å². The summed E-state index contributed by atoms with van der Waals surface area (Å²) in [5.74, 6) is 0.733. The number of carbonyl (C=O) groups excluding carboxylic acids is 1. The summed E-state index contributed by atoms with van der Waals surface area (Å²) in [6, 6.07) is 28.5. The largest absolute Gasteiger partial charge is 0.494 e. The average molecular weight is 536 g/mol. The fourth-order valence-electron chi connectivity index (χ4n) is 4.74. The fourth-order valence-corrected chi connectivity index (χ4v) is 4.74. The van der Waals surface area contributed by atoms with Crippen LogP contribution in [0.1, 0.15) is 23.1 Å². The van der Waals surface area contributed by atoms with E-state index in [1.165, 1.54) is 0 Å². The molecule has 0 saturated heterocycles.